The lowest BCUT2D eigenvalue weighted by molar-refractivity contribution is -0.207. The van der Waals surface area contributed by atoms with Gasteiger partial charge in [0.25, 0.3) is 0 Å². The molecule has 0 saturated carbocycles. The third kappa shape index (κ3) is 5.41. The van der Waals surface area contributed by atoms with Crippen molar-refractivity contribution in [1.82, 2.24) is 9.97 Å². The van der Waals surface area contributed by atoms with Crippen LogP contribution >= 0.6 is 0 Å². The smallest absolute Gasteiger partial charge is 0.378 e. The van der Waals surface area contributed by atoms with Crippen molar-refractivity contribution in [2.75, 3.05) is 31.7 Å². The standard InChI is InChI=1S/C21H31F3N4O5/c1-19(2)31-16-15(28-14-10-26-9-13(27-14)21(22,23)24)18-30-12-20(33-18,17(16)32-19)11-29-8-6-4-3-5-7-25/h9-10,15-18H,3-8,11-12,25H2,1-2H3,(H,27,28)/t15-,16-,17-,18+,20+/m1/s1. The highest BCUT2D eigenvalue weighted by atomic mass is 19.4. The first kappa shape index (κ1) is 24.6. The molecule has 1 aromatic rings. The van der Waals surface area contributed by atoms with E-state index in [2.05, 4.69) is 15.3 Å². The molecule has 186 valence electrons. The van der Waals surface area contributed by atoms with E-state index in [0.717, 1.165) is 25.7 Å². The molecule has 3 saturated heterocycles. The van der Waals surface area contributed by atoms with Crippen LogP contribution in [0.5, 0.6) is 0 Å². The maximum Gasteiger partial charge on any atom is 0.434 e. The molecular weight excluding hydrogens is 445 g/mol. The van der Waals surface area contributed by atoms with Crippen LogP contribution in [0.2, 0.25) is 0 Å². The summed E-state index contributed by atoms with van der Waals surface area (Å²) < 4.78 is 69.5. The van der Waals surface area contributed by atoms with Crippen molar-refractivity contribution in [3.05, 3.63) is 18.1 Å². The van der Waals surface area contributed by atoms with E-state index in [-0.39, 0.29) is 19.0 Å². The first-order valence-corrected chi connectivity index (χ1v) is 11.2. The van der Waals surface area contributed by atoms with Crippen LogP contribution in [-0.4, -0.2) is 72.3 Å². The van der Waals surface area contributed by atoms with Crippen molar-refractivity contribution in [2.24, 2.45) is 5.73 Å². The normalized spacial score (nSPS) is 32.7. The molecule has 3 aliphatic rings. The van der Waals surface area contributed by atoms with Crippen molar-refractivity contribution in [3.8, 4) is 0 Å². The van der Waals surface area contributed by atoms with Crippen molar-refractivity contribution in [2.45, 2.75) is 81.6 Å². The van der Waals surface area contributed by atoms with Gasteiger partial charge < -0.3 is 34.7 Å². The van der Waals surface area contributed by atoms with Gasteiger partial charge in [0, 0.05) is 6.61 Å². The minimum absolute atomic E-state index is 0.0535. The Balaban J connectivity index is 1.44. The van der Waals surface area contributed by atoms with Gasteiger partial charge in [0.2, 0.25) is 0 Å². The maximum absolute atomic E-state index is 13.1. The summed E-state index contributed by atoms with van der Waals surface area (Å²) in [5, 5.41) is 2.96. The monoisotopic (exact) mass is 476 g/mol. The third-order valence-electron chi connectivity index (χ3n) is 5.97. The first-order chi connectivity index (χ1) is 15.6. The average Bonchev–Trinajstić information content (AvgIpc) is 3.30. The number of halogens is 3. The number of nitrogens with one attached hydrogen (secondary N) is 1. The number of nitrogens with zero attached hydrogens (tertiary/aromatic N) is 2. The first-order valence-electron chi connectivity index (χ1n) is 11.2. The Bertz CT molecular complexity index is 814. The number of nitrogens with two attached hydrogens (primary N) is 1. The van der Waals surface area contributed by atoms with E-state index in [9.17, 15) is 13.2 Å². The Kier molecular flexibility index (Phi) is 7.13. The molecule has 33 heavy (non-hydrogen) atoms. The predicted molar refractivity (Wildman–Crippen MR) is 110 cm³/mol. The van der Waals surface area contributed by atoms with Gasteiger partial charge in [0.1, 0.15) is 29.7 Å². The number of anilines is 1. The van der Waals surface area contributed by atoms with Crippen LogP contribution < -0.4 is 11.1 Å². The number of aromatic nitrogens is 2. The zero-order valence-electron chi connectivity index (χ0n) is 18.8. The van der Waals surface area contributed by atoms with Gasteiger partial charge in [-0.15, -0.1) is 0 Å². The van der Waals surface area contributed by atoms with E-state index < -0.39 is 47.8 Å². The van der Waals surface area contributed by atoms with Gasteiger partial charge in [-0.3, -0.25) is 4.98 Å². The average molecular weight is 476 g/mol. The Labute approximate surface area is 190 Å². The lowest BCUT2D eigenvalue weighted by atomic mass is 9.88. The van der Waals surface area contributed by atoms with Crippen LogP contribution in [0.25, 0.3) is 0 Å². The molecule has 5 atom stereocenters. The summed E-state index contributed by atoms with van der Waals surface area (Å²) in [7, 11) is 0. The zero-order valence-corrected chi connectivity index (χ0v) is 18.8. The highest BCUT2D eigenvalue weighted by Gasteiger charge is 2.66. The fourth-order valence-electron chi connectivity index (χ4n) is 4.46. The number of ether oxygens (including phenoxy) is 5. The summed E-state index contributed by atoms with van der Waals surface area (Å²) in [5.74, 6) is -0.958. The van der Waals surface area contributed by atoms with E-state index >= 15 is 0 Å². The van der Waals surface area contributed by atoms with Crippen LogP contribution in [-0.2, 0) is 29.9 Å². The van der Waals surface area contributed by atoms with E-state index in [1.54, 1.807) is 13.8 Å². The Morgan fingerprint density at radius 1 is 1.15 bits per heavy atom. The summed E-state index contributed by atoms with van der Waals surface area (Å²) in [6.45, 7) is 5.31. The molecule has 9 nitrogen and oxygen atoms in total. The Hall–Kier alpha value is -1.57. The van der Waals surface area contributed by atoms with Gasteiger partial charge >= 0.3 is 6.18 Å². The third-order valence-corrected chi connectivity index (χ3v) is 5.97. The lowest BCUT2D eigenvalue weighted by Gasteiger charge is -2.42. The van der Waals surface area contributed by atoms with Crippen molar-refractivity contribution >= 4 is 5.82 Å². The largest absolute Gasteiger partial charge is 0.434 e. The second-order valence-corrected chi connectivity index (χ2v) is 9.10. The second-order valence-electron chi connectivity index (χ2n) is 9.10. The molecule has 2 bridgehead atoms. The highest BCUT2D eigenvalue weighted by molar-refractivity contribution is 5.36. The van der Waals surface area contributed by atoms with Crippen molar-refractivity contribution in [1.29, 1.82) is 0 Å². The maximum atomic E-state index is 13.1. The molecule has 3 aliphatic heterocycles. The number of hydrogen-bond donors (Lipinski definition) is 2. The molecule has 0 unspecified atom stereocenters. The topological polar surface area (TPSA) is 110 Å². The summed E-state index contributed by atoms with van der Waals surface area (Å²) in [5.41, 5.74) is 3.56. The summed E-state index contributed by atoms with van der Waals surface area (Å²) in [6.07, 6.45) is -0.567. The molecular formula is C21H31F3N4O5. The fraction of sp³-hybridized carbons (Fsp3) is 0.810. The molecule has 3 fully saturated rings. The van der Waals surface area contributed by atoms with Gasteiger partial charge in [0.15, 0.2) is 17.8 Å². The quantitative estimate of drug-likeness (QED) is 0.492. The van der Waals surface area contributed by atoms with Gasteiger partial charge in [-0.1, -0.05) is 12.8 Å². The van der Waals surface area contributed by atoms with Gasteiger partial charge in [-0.2, -0.15) is 13.2 Å². The molecule has 0 aromatic carbocycles. The van der Waals surface area contributed by atoms with Gasteiger partial charge in [0.05, 0.1) is 25.6 Å². The van der Waals surface area contributed by atoms with Crippen molar-refractivity contribution < 1.29 is 36.9 Å². The van der Waals surface area contributed by atoms with E-state index in [4.69, 9.17) is 29.4 Å². The highest BCUT2D eigenvalue weighted by Crippen LogP contribution is 2.47. The van der Waals surface area contributed by atoms with Crippen LogP contribution in [0.4, 0.5) is 19.0 Å². The number of rotatable bonds is 10. The molecule has 4 rings (SSSR count). The van der Waals surface area contributed by atoms with Crippen LogP contribution in [0.15, 0.2) is 12.4 Å². The summed E-state index contributed by atoms with van der Waals surface area (Å²) in [4.78, 5) is 7.30. The minimum atomic E-state index is -4.61. The number of hydrogen-bond acceptors (Lipinski definition) is 9. The predicted octanol–water partition coefficient (Wildman–Crippen LogP) is 2.46. The van der Waals surface area contributed by atoms with Crippen LogP contribution in [0.3, 0.4) is 0 Å². The summed E-state index contributed by atoms with van der Waals surface area (Å²) in [6, 6.07) is -0.651. The summed E-state index contributed by atoms with van der Waals surface area (Å²) >= 11 is 0. The van der Waals surface area contributed by atoms with E-state index in [1.807, 2.05) is 0 Å². The lowest BCUT2D eigenvalue weighted by Crippen LogP contribution is -2.63. The zero-order chi connectivity index (χ0) is 23.7. The molecule has 12 heteroatoms. The number of fused-ring (bicyclic) bond motifs is 4. The second kappa shape index (κ2) is 9.59. The SMILES string of the molecule is CC1(C)O[C@@H]2[C@@H](Nc3cncc(C(F)(F)F)n3)[C@H]3OC[C@](COCCCCCCN)(O3)[C@@H]2O1. The van der Waals surface area contributed by atoms with E-state index in [1.165, 1.54) is 6.20 Å². The van der Waals surface area contributed by atoms with Gasteiger partial charge in [-0.05, 0) is 33.2 Å². The minimum Gasteiger partial charge on any atom is -0.378 e. The molecule has 0 radical (unpaired) electrons. The molecule has 3 N–H and O–H groups in total. The van der Waals surface area contributed by atoms with E-state index in [0.29, 0.717) is 19.3 Å². The molecule has 1 aromatic heterocycles. The molecule has 0 spiro atoms. The van der Waals surface area contributed by atoms with Gasteiger partial charge in [-0.25, -0.2) is 4.98 Å². The Morgan fingerprint density at radius 2 is 1.94 bits per heavy atom. The molecule has 0 amide bonds. The Morgan fingerprint density at radius 3 is 2.70 bits per heavy atom. The molecule has 0 aliphatic carbocycles. The van der Waals surface area contributed by atoms with Crippen LogP contribution in [0.1, 0.15) is 45.2 Å². The number of alkyl halides is 3. The van der Waals surface area contributed by atoms with Crippen molar-refractivity contribution in [3.63, 3.8) is 0 Å². The van der Waals surface area contributed by atoms with Crippen LogP contribution in [0, 0.1) is 0 Å². The number of unbranched alkanes of at least 4 members (excludes halogenated alkanes) is 3. The fourth-order valence-corrected chi connectivity index (χ4v) is 4.46. The molecule has 4 heterocycles.